The summed E-state index contributed by atoms with van der Waals surface area (Å²) >= 11 is 0. The molecule has 2 saturated carbocycles. The fourth-order valence-corrected chi connectivity index (χ4v) is 4.66. The lowest BCUT2D eigenvalue weighted by molar-refractivity contribution is -0.156. The van der Waals surface area contributed by atoms with Gasteiger partial charge in [0.25, 0.3) is 0 Å². The number of hydrogen-bond donors (Lipinski definition) is 0. The fraction of sp³-hybridized carbons (Fsp3) is 0.438. The second-order valence-electron chi connectivity index (χ2n) is 6.08. The minimum Gasteiger partial charge on any atom is -0.497 e. The maximum absolute atomic E-state index is 12.1. The summed E-state index contributed by atoms with van der Waals surface area (Å²) in [4.78, 5) is 11.7. The zero-order valence-corrected chi connectivity index (χ0v) is 13.9. The van der Waals surface area contributed by atoms with Crippen LogP contribution >= 0.6 is 0 Å². The van der Waals surface area contributed by atoms with Crippen molar-refractivity contribution in [3.8, 4) is 11.8 Å². The lowest BCUT2D eigenvalue weighted by Crippen LogP contribution is -2.60. The summed E-state index contributed by atoms with van der Waals surface area (Å²) in [5, 5.41) is 12.6. The molecular weight excluding hydrogens is 332 g/mol. The third-order valence-electron chi connectivity index (χ3n) is 4.85. The molecular formula is C16H16N2O5S. The molecule has 0 N–H and O–H groups in total. The summed E-state index contributed by atoms with van der Waals surface area (Å²) in [6.45, 7) is 0. The number of nitrogens with zero attached hydrogens (tertiary/aromatic N) is 2. The smallest absolute Gasteiger partial charge is 0.329 e. The molecule has 0 heterocycles. The molecule has 2 atom stereocenters. The number of methoxy groups -OCH3 is 1. The van der Waals surface area contributed by atoms with E-state index in [4.69, 9.17) is 10.00 Å². The standard InChI is InChI=1S/C16H16N2O5S/c1-22-13-4-2-11(3-5-13)14(9-17)18-23-24(20,21)10-16-7-6-12(16)8-15(16)19/h2-5,12H,6-8,10H2,1H3/b18-14+. The molecule has 126 valence electrons. The molecule has 2 unspecified atom stereocenters. The van der Waals surface area contributed by atoms with Crippen molar-refractivity contribution < 1.29 is 22.2 Å². The van der Waals surface area contributed by atoms with Gasteiger partial charge in [0.1, 0.15) is 23.4 Å². The average Bonchev–Trinajstić information content (AvgIpc) is 2.58. The van der Waals surface area contributed by atoms with Gasteiger partial charge in [-0.2, -0.15) is 13.7 Å². The van der Waals surface area contributed by atoms with Gasteiger partial charge in [-0.05, 0) is 43.0 Å². The van der Waals surface area contributed by atoms with Gasteiger partial charge in [-0.25, -0.2) is 0 Å². The Bertz CT molecular complexity index is 838. The summed E-state index contributed by atoms with van der Waals surface area (Å²) in [6, 6.07) is 8.21. The van der Waals surface area contributed by atoms with Crippen LogP contribution in [0.2, 0.25) is 0 Å². The van der Waals surface area contributed by atoms with Crippen molar-refractivity contribution >= 4 is 21.6 Å². The molecule has 1 aromatic carbocycles. The van der Waals surface area contributed by atoms with Gasteiger partial charge in [0.05, 0.1) is 7.11 Å². The van der Waals surface area contributed by atoms with Gasteiger partial charge in [0, 0.05) is 17.4 Å². The highest BCUT2D eigenvalue weighted by atomic mass is 32.2. The molecule has 24 heavy (non-hydrogen) atoms. The van der Waals surface area contributed by atoms with Crippen molar-refractivity contribution in [2.24, 2.45) is 16.5 Å². The van der Waals surface area contributed by atoms with Crippen molar-refractivity contribution in [1.29, 1.82) is 5.26 Å². The molecule has 8 heteroatoms. The Morgan fingerprint density at radius 2 is 2.12 bits per heavy atom. The van der Waals surface area contributed by atoms with Gasteiger partial charge in [0.2, 0.25) is 0 Å². The normalized spacial score (nSPS) is 25.8. The molecule has 1 aromatic rings. The van der Waals surface area contributed by atoms with Crippen LogP contribution in [-0.2, 0) is 19.2 Å². The lowest BCUT2D eigenvalue weighted by atomic mass is 9.48. The van der Waals surface area contributed by atoms with Crippen LogP contribution in [0.4, 0.5) is 0 Å². The summed E-state index contributed by atoms with van der Waals surface area (Å²) in [5.41, 5.74) is -0.530. The zero-order valence-electron chi connectivity index (χ0n) is 13.1. The van der Waals surface area contributed by atoms with Gasteiger partial charge in [0.15, 0.2) is 5.71 Å². The van der Waals surface area contributed by atoms with Crippen LogP contribution in [0.15, 0.2) is 29.4 Å². The van der Waals surface area contributed by atoms with E-state index in [0.717, 1.165) is 6.42 Å². The molecule has 0 aromatic heterocycles. The van der Waals surface area contributed by atoms with Gasteiger partial charge in [-0.1, -0.05) is 5.16 Å². The molecule has 7 nitrogen and oxygen atoms in total. The van der Waals surface area contributed by atoms with E-state index in [9.17, 15) is 13.2 Å². The highest BCUT2D eigenvalue weighted by Crippen LogP contribution is 2.59. The number of hydrogen-bond acceptors (Lipinski definition) is 7. The van der Waals surface area contributed by atoms with E-state index in [1.165, 1.54) is 7.11 Å². The molecule has 2 aliphatic rings. The van der Waals surface area contributed by atoms with Crippen LogP contribution in [0, 0.1) is 22.7 Å². The molecule has 0 bridgehead atoms. The molecule has 2 fully saturated rings. The van der Waals surface area contributed by atoms with Gasteiger partial charge in [-0.15, -0.1) is 0 Å². The van der Waals surface area contributed by atoms with E-state index < -0.39 is 15.5 Å². The Labute approximate surface area is 140 Å². The number of oxime groups is 1. The molecule has 0 spiro atoms. The number of carbonyl (C=O) groups is 1. The number of Topliss-reactive ketones (excluding diaryl/α,β-unsaturated/α-hetero) is 1. The molecule has 0 aliphatic heterocycles. The molecule has 3 rings (SSSR count). The number of fused-ring (bicyclic) bond motifs is 1. The molecule has 0 saturated heterocycles. The van der Waals surface area contributed by atoms with Crippen LogP contribution in [0.25, 0.3) is 0 Å². The maximum Gasteiger partial charge on any atom is 0.329 e. The Kier molecular flexibility index (Phi) is 4.05. The van der Waals surface area contributed by atoms with E-state index in [-0.39, 0.29) is 23.2 Å². The predicted molar refractivity (Wildman–Crippen MR) is 84.8 cm³/mol. The van der Waals surface area contributed by atoms with Crippen molar-refractivity contribution in [2.75, 3.05) is 12.9 Å². The third kappa shape index (κ3) is 2.76. The first kappa shape index (κ1) is 16.5. The SMILES string of the molecule is COc1ccc(/C(C#N)=N/OS(=O)(=O)CC23CCC2CC3=O)cc1. The van der Waals surface area contributed by atoms with E-state index in [1.807, 2.05) is 0 Å². The average molecular weight is 348 g/mol. The Balaban J connectivity index is 1.72. The second kappa shape index (κ2) is 5.91. The van der Waals surface area contributed by atoms with Crippen molar-refractivity contribution in [3.05, 3.63) is 29.8 Å². The number of ether oxygens (including phenoxy) is 1. The Morgan fingerprint density at radius 1 is 1.42 bits per heavy atom. The van der Waals surface area contributed by atoms with E-state index in [2.05, 4.69) is 9.44 Å². The highest BCUT2D eigenvalue weighted by Gasteiger charge is 2.62. The second-order valence-corrected chi connectivity index (χ2v) is 7.63. The van der Waals surface area contributed by atoms with Gasteiger partial charge in [-0.3, -0.25) is 9.08 Å². The van der Waals surface area contributed by atoms with Crippen LogP contribution in [0.3, 0.4) is 0 Å². The number of ketones is 1. The number of nitriles is 1. The first-order chi connectivity index (χ1) is 11.4. The molecule has 2 aliphatic carbocycles. The zero-order chi connectivity index (χ0) is 17.4. The maximum atomic E-state index is 12.1. The summed E-state index contributed by atoms with van der Waals surface area (Å²) < 4.78 is 33.9. The first-order valence-electron chi connectivity index (χ1n) is 7.47. The largest absolute Gasteiger partial charge is 0.497 e. The van der Waals surface area contributed by atoms with Crippen LogP contribution < -0.4 is 4.74 Å². The predicted octanol–water partition coefficient (Wildman–Crippen LogP) is 1.64. The van der Waals surface area contributed by atoms with Crippen molar-refractivity contribution in [1.82, 2.24) is 0 Å². The van der Waals surface area contributed by atoms with Gasteiger partial charge >= 0.3 is 10.1 Å². The highest BCUT2D eigenvalue weighted by molar-refractivity contribution is 7.86. The van der Waals surface area contributed by atoms with E-state index in [0.29, 0.717) is 24.2 Å². The number of benzene rings is 1. The van der Waals surface area contributed by atoms with Crippen LogP contribution in [0.1, 0.15) is 24.8 Å². The molecule has 0 radical (unpaired) electrons. The third-order valence-corrected chi connectivity index (χ3v) is 6.02. The lowest BCUT2D eigenvalue weighted by Gasteiger charge is -2.55. The Hall–Kier alpha value is -2.40. The first-order valence-corrected chi connectivity index (χ1v) is 9.05. The fourth-order valence-electron chi connectivity index (χ4n) is 3.25. The van der Waals surface area contributed by atoms with E-state index >= 15 is 0 Å². The minimum atomic E-state index is -4.02. The monoisotopic (exact) mass is 348 g/mol. The quantitative estimate of drug-likeness (QED) is 0.571. The van der Waals surface area contributed by atoms with Crippen molar-refractivity contribution in [2.45, 2.75) is 19.3 Å². The minimum absolute atomic E-state index is 0.0226. The topological polar surface area (TPSA) is 106 Å². The summed E-state index contributed by atoms with van der Waals surface area (Å²) in [6.07, 6.45) is 1.90. The van der Waals surface area contributed by atoms with Gasteiger partial charge < -0.3 is 4.74 Å². The summed E-state index contributed by atoms with van der Waals surface area (Å²) in [7, 11) is -2.51. The summed E-state index contributed by atoms with van der Waals surface area (Å²) in [5.74, 6) is 0.354. The van der Waals surface area contributed by atoms with Crippen LogP contribution in [0.5, 0.6) is 5.75 Å². The number of rotatable bonds is 6. The molecule has 0 amide bonds. The van der Waals surface area contributed by atoms with Crippen molar-refractivity contribution in [3.63, 3.8) is 0 Å². The van der Waals surface area contributed by atoms with Crippen LogP contribution in [-0.4, -0.2) is 32.8 Å². The van der Waals surface area contributed by atoms with E-state index in [1.54, 1.807) is 30.3 Å². The number of carbonyl (C=O) groups excluding carboxylic acids is 1. The Morgan fingerprint density at radius 3 is 2.58 bits per heavy atom.